The smallest absolute Gasteiger partial charge is 0.181 e. The van der Waals surface area contributed by atoms with Crippen LogP contribution in [0.1, 0.15) is 19.3 Å². The van der Waals surface area contributed by atoms with Gasteiger partial charge in [-0.1, -0.05) is 0 Å². The van der Waals surface area contributed by atoms with Crippen molar-refractivity contribution in [1.82, 2.24) is 0 Å². The van der Waals surface area contributed by atoms with Crippen LogP contribution in [0.15, 0.2) is 29.2 Å². The summed E-state index contributed by atoms with van der Waals surface area (Å²) in [7, 11) is -1.64. The van der Waals surface area contributed by atoms with Crippen molar-refractivity contribution >= 4 is 22.5 Å². The van der Waals surface area contributed by atoms with Crippen LogP contribution in [0.3, 0.4) is 0 Å². The second kappa shape index (κ2) is 4.90. The van der Waals surface area contributed by atoms with Crippen LogP contribution >= 0.6 is 12.6 Å². The van der Waals surface area contributed by atoms with Crippen LogP contribution in [-0.2, 0) is 9.84 Å². The van der Waals surface area contributed by atoms with Crippen LogP contribution in [0.2, 0.25) is 0 Å². The van der Waals surface area contributed by atoms with Crippen molar-refractivity contribution in [2.75, 3.05) is 7.11 Å². The lowest BCUT2D eigenvalue weighted by atomic mass is 10.3. The van der Waals surface area contributed by atoms with Crippen LogP contribution < -0.4 is 4.74 Å². The maximum absolute atomic E-state index is 12.3. The average Bonchev–Trinajstić information content (AvgIpc) is 2.77. The van der Waals surface area contributed by atoms with Crippen molar-refractivity contribution in [3.8, 4) is 5.75 Å². The van der Waals surface area contributed by atoms with E-state index in [1.54, 1.807) is 31.4 Å². The molecule has 0 amide bonds. The van der Waals surface area contributed by atoms with E-state index in [1.807, 2.05) is 0 Å². The molecule has 0 aliphatic heterocycles. The summed E-state index contributed by atoms with van der Waals surface area (Å²) in [6, 6.07) is 6.58. The fraction of sp³-hybridized carbons (Fsp3) is 0.500. The molecule has 3 nitrogen and oxygen atoms in total. The van der Waals surface area contributed by atoms with Gasteiger partial charge in [-0.15, -0.1) is 0 Å². The van der Waals surface area contributed by atoms with Gasteiger partial charge in [0.15, 0.2) is 9.84 Å². The number of benzene rings is 1. The van der Waals surface area contributed by atoms with Gasteiger partial charge in [0.25, 0.3) is 0 Å². The van der Waals surface area contributed by atoms with E-state index < -0.39 is 9.84 Å². The van der Waals surface area contributed by atoms with Crippen LogP contribution in [0.5, 0.6) is 5.75 Å². The predicted octanol–water partition coefficient (Wildman–Crippen LogP) is 2.32. The minimum atomic E-state index is -3.20. The van der Waals surface area contributed by atoms with Gasteiger partial charge < -0.3 is 4.74 Å². The first kappa shape index (κ1) is 12.8. The van der Waals surface area contributed by atoms with Crippen molar-refractivity contribution in [3.05, 3.63) is 24.3 Å². The second-order valence-corrected chi connectivity index (χ2v) is 7.27. The Balaban J connectivity index is 2.25. The number of hydrogen-bond acceptors (Lipinski definition) is 4. The lowest BCUT2D eigenvalue weighted by molar-refractivity contribution is 0.414. The van der Waals surface area contributed by atoms with Crippen LogP contribution in [0.25, 0.3) is 0 Å². The first-order valence-electron chi connectivity index (χ1n) is 5.60. The van der Waals surface area contributed by atoms with E-state index in [1.165, 1.54) is 0 Å². The summed E-state index contributed by atoms with van der Waals surface area (Å²) in [5, 5.41) is -0.0635. The van der Waals surface area contributed by atoms with Gasteiger partial charge in [0.2, 0.25) is 0 Å². The molecule has 0 heterocycles. The van der Waals surface area contributed by atoms with Crippen molar-refractivity contribution in [3.63, 3.8) is 0 Å². The number of rotatable bonds is 3. The summed E-state index contributed by atoms with van der Waals surface area (Å²) < 4.78 is 29.6. The quantitative estimate of drug-likeness (QED) is 0.859. The lowest BCUT2D eigenvalue weighted by Crippen LogP contribution is -2.18. The number of hydrogen-bond donors (Lipinski definition) is 1. The summed E-state index contributed by atoms with van der Waals surface area (Å²) in [6.45, 7) is 0. The van der Waals surface area contributed by atoms with Gasteiger partial charge in [0.05, 0.1) is 17.3 Å². The molecular formula is C12H16O3S2. The number of sulfone groups is 1. The van der Waals surface area contributed by atoms with Crippen molar-refractivity contribution in [2.45, 2.75) is 34.7 Å². The third-order valence-corrected chi connectivity index (χ3v) is 5.89. The van der Waals surface area contributed by atoms with Gasteiger partial charge in [-0.25, -0.2) is 8.42 Å². The zero-order chi connectivity index (χ0) is 12.5. The molecule has 1 aromatic carbocycles. The number of ether oxygens (including phenoxy) is 1. The molecule has 2 atom stereocenters. The molecule has 0 saturated heterocycles. The lowest BCUT2D eigenvalue weighted by Gasteiger charge is -2.11. The Morgan fingerprint density at radius 3 is 2.35 bits per heavy atom. The summed E-state index contributed by atoms with van der Waals surface area (Å²) >= 11 is 4.34. The molecule has 1 aliphatic carbocycles. The molecule has 0 N–H and O–H groups in total. The minimum Gasteiger partial charge on any atom is -0.497 e. The van der Waals surface area contributed by atoms with E-state index in [4.69, 9.17) is 4.74 Å². The predicted molar refractivity (Wildman–Crippen MR) is 70.6 cm³/mol. The van der Waals surface area contributed by atoms with Crippen molar-refractivity contribution < 1.29 is 13.2 Å². The summed E-state index contributed by atoms with van der Waals surface area (Å²) in [6.07, 6.45) is 2.24. The normalized spacial score (nSPS) is 24.8. The standard InChI is InChI=1S/C12H16O3S2/c1-15-9-2-5-11(6-3-9)17(13,14)12-7-4-10(16)8-12/h2-3,5-6,10,12,16H,4,7-8H2,1H3/t10-,12-/m1/s1. The fourth-order valence-corrected chi connectivity index (χ4v) is 4.54. The minimum absolute atomic E-state index is 0.216. The molecule has 0 bridgehead atoms. The SMILES string of the molecule is COc1ccc(S(=O)(=O)[C@@H]2CC[C@@H](S)C2)cc1. The monoisotopic (exact) mass is 272 g/mol. The van der Waals surface area contributed by atoms with E-state index in [2.05, 4.69) is 12.6 Å². The van der Waals surface area contributed by atoms with E-state index in [0.717, 1.165) is 6.42 Å². The highest BCUT2D eigenvalue weighted by Gasteiger charge is 2.33. The molecule has 0 unspecified atom stereocenters. The highest BCUT2D eigenvalue weighted by Crippen LogP contribution is 2.32. The molecule has 1 aliphatic rings. The first-order chi connectivity index (χ1) is 8.04. The summed E-state index contributed by atoms with van der Waals surface area (Å²) in [4.78, 5) is 0.380. The molecule has 5 heteroatoms. The Kier molecular flexibility index (Phi) is 3.68. The molecule has 1 fully saturated rings. The Labute approximate surface area is 108 Å². The van der Waals surface area contributed by atoms with Gasteiger partial charge >= 0.3 is 0 Å². The van der Waals surface area contributed by atoms with Crippen LogP contribution in [0.4, 0.5) is 0 Å². The van der Waals surface area contributed by atoms with Gasteiger partial charge in [-0.05, 0) is 43.5 Å². The van der Waals surface area contributed by atoms with E-state index in [0.29, 0.717) is 23.5 Å². The Morgan fingerprint density at radius 1 is 1.24 bits per heavy atom. The molecule has 1 aromatic rings. The second-order valence-electron chi connectivity index (χ2n) is 4.31. The maximum Gasteiger partial charge on any atom is 0.181 e. The van der Waals surface area contributed by atoms with E-state index in [-0.39, 0.29) is 10.5 Å². The Bertz CT molecular complexity index is 479. The van der Waals surface area contributed by atoms with E-state index in [9.17, 15) is 8.42 Å². The highest BCUT2D eigenvalue weighted by atomic mass is 32.2. The zero-order valence-corrected chi connectivity index (χ0v) is 11.4. The molecule has 94 valence electrons. The summed E-state index contributed by atoms with van der Waals surface area (Å²) in [5.41, 5.74) is 0. The topological polar surface area (TPSA) is 43.4 Å². The molecule has 0 radical (unpaired) electrons. The fourth-order valence-electron chi connectivity index (χ4n) is 2.16. The molecular weight excluding hydrogens is 256 g/mol. The maximum atomic E-state index is 12.3. The first-order valence-corrected chi connectivity index (χ1v) is 7.66. The third-order valence-electron chi connectivity index (χ3n) is 3.18. The summed E-state index contributed by atoms with van der Waals surface area (Å²) in [5.74, 6) is 0.669. The third kappa shape index (κ3) is 2.60. The van der Waals surface area contributed by atoms with Gasteiger partial charge in [-0.3, -0.25) is 0 Å². The molecule has 2 rings (SSSR count). The number of methoxy groups -OCH3 is 1. The van der Waals surface area contributed by atoms with Crippen molar-refractivity contribution in [1.29, 1.82) is 0 Å². The highest BCUT2D eigenvalue weighted by molar-refractivity contribution is 7.92. The van der Waals surface area contributed by atoms with Crippen molar-refractivity contribution in [2.24, 2.45) is 0 Å². The average molecular weight is 272 g/mol. The number of thiol groups is 1. The molecule has 0 spiro atoms. The van der Waals surface area contributed by atoms with Gasteiger partial charge in [0, 0.05) is 5.25 Å². The van der Waals surface area contributed by atoms with Crippen LogP contribution in [-0.4, -0.2) is 26.0 Å². The van der Waals surface area contributed by atoms with Gasteiger partial charge in [-0.2, -0.15) is 12.6 Å². The Morgan fingerprint density at radius 2 is 1.88 bits per heavy atom. The molecule has 17 heavy (non-hydrogen) atoms. The largest absolute Gasteiger partial charge is 0.497 e. The van der Waals surface area contributed by atoms with Gasteiger partial charge in [0.1, 0.15) is 5.75 Å². The zero-order valence-electron chi connectivity index (χ0n) is 9.67. The molecule has 0 aromatic heterocycles. The van der Waals surface area contributed by atoms with E-state index >= 15 is 0 Å². The Hall–Kier alpha value is -0.680. The molecule has 1 saturated carbocycles. The van der Waals surface area contributed by atoms with Crippen LogP contribution in [0, 0.1) is 0 Å².